The van der Waals surface area contributed by atoms with Gasteiger partial charge in [-0.05, 0) is 57.0 Å². The highest BCUT2D eigenvalue weighted by atomic mass is 16.5. The van der Waals surface area contributed by atoms with Crippen LogP contribution in [0, 0.1) is 13.8 Å². The van der Waals surface area contributed by atoms with Gasteiger partial charge >= 0.3 is 0 Å². The van der Waals surface area contributed by atoms with E-state index in [4.69, 9.17) is 4.74 Å². The fourth-order valence-corrected chi connectivity index (χ4v) is 2.35. The molecular formula is C15H23NO. The Morgan fingerprint density at radius 2 is 1.88 bits per heavy atom. The lowest BCUT2D eigenvalue weighted by molar-refractivity contribution is 0.183. The van der Waals surface area contributed by atoms with E-state index in [0.717, 1.165) is 18.9 Å². The van der Waals surface area contributed by atoms with Gasteiger partial charge in [0, 0.05) is 6.54 Å². The van der Waals surface area contributed by atoms with Gasteiger partial charge in [0.15, 0.2) is 0 Å². The molecule has 1 aromatic carbocycles. The average molecular weight is 233 g/mol. The summed E-state index contributed by atoms with van der Waals surface area (Å²) in [5.74, 6) is 1.04. The third-order valence-corrected chi connectivity index (χ3v) is 3.67. The number of ether oxygens (including phenoxy) is 1. The van der Waals surface area contributed by atoms with Gasteiger partial charge in [0.2, 0.25) is 0 Å². The van der Waals surface area contributed by atoms with Crippen LogP contribution in [0.2, 0.25) is 0 Å². The lowest BCUT2D eigenvalue weighted by Gasteiger charge is -2.26. The summed E-state index contributed by atoms with van der Waals surface area (Å²) in [5.41, 5.74) is 2.58. The highest BCUT2D eigenvalue weighted by Gasteiger charge is 2.09. The Hall–Kier alpha value is -1.02. The maximum absolute atomic E-state index is 5.88. The minimum Gasteiger partial charge on any atom is -0.492 e. The van der Waals surface area contributed by atoms with Crippen molar-refractivity contribution in [3.63, 3.8) is 0 Å². The van der Waals surface area contributed by atoms with Crippen LogP contribution in [0.5, 0.6) is 5.75 Å². The normalized spacial score (nSPS) is 17.1. The second-order valence-corrected chi connectivity index (χ2v) is 4.95. The zero-order valence-corrected chi connectivity index (χ0v) is 11.0. The third kappa shape index (κ3) is 3.47. The molecule has 2 rings (SSSR count). The molecule has 0 spiro atoms. The van der Waals surface area contributed by atoms with Crippen molar-refractivity contribution in [3.05, 3.63) is 29.3 Å². The number of aryl methyl sites for hydroxylation is 1. The number of nitrogens with zero attached hydrogens (tertiary/aromatic N) is 1. The van der Waals surface area contributed by atoms with Crippen LogP contribution < -0.4 is 4.74 Å². The van der Waals surface area contributed by atoms with Crippen molar-refractivity contribution in [1.82, 2.24) is 4.90 Å². The van der Waals surface area contributed by atoms with E-state index < -0.39 is 0 Å². The maximum atomic E-state index is 5.88. The topological polar surface area (TPSA) is 12.5 Å². The quantitative estimate of drug-likeness (QED) is 0.792. The van der Waals surface area contributed by atoms with Gasteiger partial charge in [0.05, 0.1) is 0 Å². The van der Waals surface area contributed by atoms with E-state index in [1.54, 1.807) is 0 Å². The van der Waals surface area contributed by atoms with E-state index in [9.17, 15) is 0 Å². The second-order valence-electron chi connectivity index (χ2n) is 4.95. The van der Waals surface area contributed by atoms with Crippen molar-refractivity contribution >= 4 is 0 Å². The Balaban J connectivity index is 1.79. The van der Waals surface area contributed by atoms with Crippen LogP contribution >= 0.6 is 0 Å². The summed E-state index contributed by atoms with van der Waals surface area (Å²) in [6.45, 7) is 8.63. The molecule has 1 fully saturated rings. The molecule has 0 N–H and O–H groups in total. The van der Waals surface area contributed by atoms with Crippen molar-refractivity contribution in [1.29, 1.82) is 0 Å². The summed E-state index contributed by atoms with van der Waals surface area (Å²) < 4.78 is 5.88. The average Bonchev–Trinajstić information content (AvgIpc) is 2.36. The highest BCUT2D eigenvalue weighted by Crippen LogP contribution is 2.20. The molecule has 0 bridgehead atoms. The molecule has 2 heteroatoms. The summed E-state index contributed by atoms with van der Waals surface area (Å²) in [5, 5.41) is 0. The summed E-state index contributed by atoms with van der Waals surface area (Å²) in [4.78, 5) is 2.51. The molecule has 0 radical (unpaired) electrons. The smallest absolute Gasteiger partial charge is 0.122 e. The SMILES string of the molecule is Cc1cccc(OCCN2CCCCC2)c1C. The molecule has 2 nitrogen and oxygen atoms in total. The van der Waals surface area contributed by atoms with Crippen molar-refractivity contribution in [2.75, 3.05) is 26.2 Å². The first-order valence-electron chi connectivity index (χ1n) is 6.69. The van der Waals surface area contributed by atoms with Crippen molar-refractivity contribution in [2.45, 2.75) is 33.1 Å². The van der Waals surface area contributed by atoms with Crippen LogP contribution in [0.1, 0.15) is 30.4 Å². The maximum Gasteiger partial charge on any atom is 0.122 e. The van der Waals surface area contributed by atoms with Crippen LogP contribution in [0.3, 0.4) is 0 Å². The molecule has 1 saturated heterocycles. The fraction of sp³-hybridized carbons (Fsp3) is 0.600. The zero-order valence-electron chi connectivity index (χ0n) is 11.0. The van der Waals surface area contributed by atoms with E-state index in [1.165, 1.54) is 43.5 Å². The minimum atomic E-state index is 0.810. The van der Waals surface area contributed by atoms with Crippen molar-refractivity contribution in [2.24, 2.45) is 0 Å². The molecule has 0 unspecified atom stereocenters. The van der Waals surface area contributed by atoms with Gasteiger partial charge < -0.3 is 4.74 Å². The molecule has 1 heterocycles. The second kappa shape index (κ2) is 6.06. The number of piperidine rings is 1. The summed E-state index contributed by atoms with van der Waals surface area (Å²) in [6, 6.07) is 6.27. The predicted molar refractivity (Wildman–Crippen MR) is 71.7 cm³/mol. The Labute approximate surface area is 105 Å². The fourth-order valence-electron chi connectivity index (χ4n) is 2.35. The molecule has 0 aliphatic carbocycles. The third-order valence-electron chi connectivity index (χ3n) is 3.67. The van der Waals surface area contributed by atoms with Crippen LogP contribution in [0.25, 0.3) is 0 Å². The highest BCUT2D eigenvalue weighted by molar-refractivity contribution is 5.38. The Morgan fingerprint density at radius 1 is 1.12 bits per heavy atom. The van der Waals surface area contributed by atoms with Gasteiger partial charge in [-0.25, -0.2) is 0 Å². The van der Waals surface area contributed by atoms with E-state index >= 15 is 0 Å². The molecule has 0 atom stereocenters. The number of hydrogen-bond acceptors (Lipinski definition) is 2. The molecule has 94 valence electrons. The molecule has 0 amide bonds. The first kappa shape index (κ1) is 12.4. The number of likely N-dealkylation sites (tertiary alicyclic amines) is 1. The van der Waals surface area contributed by atoms with E-state index in [1.807, 2.05) is 0 Å². The predicted octanol–water partition coefficient (Wildman–Crippen LogP) is 3.17. The zero-order chi connectivity index (χ0) is 12.1. The van der Waals surface area contributed by atoms with Gasteiger partial charge in [-0.2, -0.15) is 0 Å². The Bertz CT molecular complexity index is 356. The molecule has 0 aromatic heterocycles. The molecule has 1 aliphatic rings. The van der Waals surface area contributed by atoms with Gasteiger partial charge in [-0.3, -0.25) is 4.90 Å². The van der Waals surface area contributed by atoms with Gasteiger partial charge in [-0.15, -0.1) is 0 Å². The van der Waals surface area contributed by atoms with Crippen LogP contribution in [0.4, 0.5) is 0 Å². The van der Waals surface area contributed by atoms with Gasteiger partial charge in [0.1, 0.15) is 12.4 Å². The number of hydrogen-bond donors (Lipinski definition) is 0. The van der Waals surface area contributed by atoms with Crippen LogP contribution in [-0.2, 0) is 0 Å². The molecular weight excluding hydrogens is 210 g/mol. The number of benzene rings is 1. The molecule has 1 aromatic rings. The first-order valence-corrected chi connectivity index (χ1v) is 6.69. The van der Waals surface area contributed by atoms with Crippen LogP contribution in [-0.4, -0.2) is 31.1 Å². The Kier molecular flexibility index (Phi) is 4.43. The summed E-state index contributed by atoms with van der Waals surface area (Å²) in [7, 11) is 0. The van der Waals surface area contributed by atoms with Gasteiger partial charge in [-0.1, -0.05) is 18.6 Å². The molecule has 0 saturated carbocycles. The molecule has 17 heavy (non-hydrogen) atoms. The van der Waals surface area contributed by atoms with E-state index in [0.29, 0.717) is 0 Å². The standard InChI is InChI=1S/C15H23NO/c1-13-7-6-8-15(14(13)2)17-12-11-16-9-4-3-5-10-16/h6-8H,3-5,9-12H2,1-2H3. The lowest BCUT2D eigenvalue weighted by atomic mass is 10.1. The monoisotopic (exact) mass is 233 g/mol. The van der Waals surface area contributed by atoms with E-state index in [-0.39, 0.29) is 0 Å². The summed E-state index contributed by atoms with van der Waals surface area (Å²) in [6.07, 6.45) is 4.10. The first-order chi connectivity index (χ1) is 8.27. The largest absolute Gasteiger partial charge is 0.492 e. The van der Waals surface area contributed by atoms with Crippen molar-refractivity contribution < 1.29 is 4.74 Å². The minimum absolute atomic E-state index is 0.810. The Morgan fingerprint density at radius 3 is 2.65 bits per heavy atom. The van der Waals surface area contributed by atoms with E-state index in [2.05, 4.69) is 36.9 Å². The number of rotatable bonds is 4. The van der Waals surface area contributed by atoms with Gasteiger partial charge in [0.25, 0.3) is 0 Å². The summed E-state index contributed by atoms with van der Waals surface area (Å²) >= 11 is 0. The van der Waals surface area contributed by atoms with Crippen molar-refractivity contribution in [3.8, 4) is 5.75 Å². The lowest BCUT2D eigenvalue weighted by Crippen LogP contribution is -2.33. The van der Waals surface area contributed by atoms with Crippen LogP contribution in [0.15, 0.2) is 18.2 Å². The molecule has 1 aliphatic heterocycles.